The monoisotopic (exact) mass is 480 g/mol. The van der Waals surface area contributed by atoms with E-state index in [1.165, 1.54) is 12.1 Å². The minimum absolute atomic E-state index is 0.180. The van der Waals surface area contributed by atoms with Crippen LogP contribution in [0, 0.1) is 10.1 Å². The van der Waals surface area contributed by atoms with Crippen LogP contribution >= 0.6 is 11.6 Å². The number of hydrogen-bond acceptors (Lipinski definition) is 6. The van der Waals surface area contributed by atoms with Gasteiger partial charge in [0.15, 0.2) is 0 Å². The normalized spacial score (nSPS) is 13.9. The quantitative estimate of drug-likeness (QED) is 0.350. The second-order valence-corrected chi connectivity index (χ2v) is 8.38. The second kappa shape index (κ2) is 11.1. The summed E-state index contributed by atoms with van der Waals surface area (Å²) in [5, 5.41) is 18.0. The molecule has 0 atom stereocenters. The highest BCUT2D eigenvalue weighted by Gasteiger charge is 2.18. The average Bonchev–Trinajstić information content (AvgIpc) is 2.85. The Balaban J connectivity index is 1.41. The van der Waals surface area contributed by atoms with Crippen molar-refractivity contribution in [2.45, 2.75) is 13.1 Å². The van der Waals surface area contributed by atoms with Gasteiger partial charge in [-0.2, -0.15) is 0 Å². The van der Waals surface area contributed by atoms with Crippen LogP contribution in [-0.4, -0.2) is 42.0 Å². The predicted octanol–water partition coefficient (Wildman–Crippen LogP) is 4.94. The first kappa shape index (κ1) is 23.7. The van der Waals surface area contributed by atoms with Gasteiger partial charge in [0.25, 0.3) is 11.6 Å². The molecule has 1 saturated heterocycles. The lowest BCUT2D eigenvalue weighted by atomic mass is 10.1. The first-order valence-electron chi connectivity index (χ1n) is 11.0. The number of nitro groups is 1. The largest absolute Gasteiger partial charge is 0.379 e. The molecule has 1 heterocycles. The SMILES string of the molecule is O=C(Nc1ccc(CN2CCOCC2)cc1)c1ccc(NCc2ccccc2Cl)c([N+](=O)[O-])c1. The van der Waals surface area contributed by atoms with Gasteiger partial charge in [0.2, 0.25) is 0 Å². The van der Waals surface area contributed by atoms with E-state index in [-0.39, 0.29) is 11.3 Å². The summed E-state index contributed by atoms with van der Waals surface area (Å²) < 4.78 is 5.37. The number of carbonyl (C=O) groups excluding carboxylic acids is 1. The third-order valence-corrected chi connectivity index (χ3v) is 5.97. The molecule has 1 aliphatic heterocycles. The fraction of sp³-hybridized carbons (Fsp3) is 0.240. The predicted molar refractivity (Wildman–Crippen MR) is 132 cm³/mol. The maximum atomic E-state index is 12.7. The number of halogens is 1. The summed E-state index contributed by atoms with van der Waals surface area (Å²) in [6.45, 7) is 4.44. The number of amides is 1. The molecular formula is C25H25ClN4O4. The van der Waals surface area contributed by atoms with Gasteiger partial charge in [0.05, 0.1) is 18.1 Å². The molecule has 0 unspecified atom stereocenters. The number of morpholine rings is 1. The molecule has 4 rings (SSSR count). The van der Waals surface area contributed by atoms with Gasteiger partial charge in [-0.3, -0.25) is 19.8 Å². The number of ether oxygens (including phenoxy) is 1. The molecule has 1 fully saturated rings. The Kier molecular flexibility index (Phi) is 7.74. The van der Waals surface area contributed by atoms with Crippen LogP contribution in [0.25, 0.3) is 0 Å². The van der Waals surface area contributed by atoms with E-state index in [0.717, 1.165) is 44.0 Å². The molecule has 176 valence electrons. The van der Waals surface area contributed by atoms with Crippen LogP contribution in [0.5, 0.6) is 0 Å². The van der Waals surface area contributed by atoms with Crippen molar-refractivity contribution in [2.75, 3.05) is 36.9 Å². The number of rotatable bonds is 8. The zero-order valence-electron chi connectivity index (χ0n) is 18.5. The number of nitro benzene ring substituents is 1. The van der Waals surface area contributed by atoms with Crippen LogP contribution in [0.4, 0.5) is 17.1 Å². The third-order valence-electron chi connectivity index (χ3n) is 5.61. The molecular weight excluding hydrogens is 456 g/mol. The zero-order valence-corrected chi connectivity index (χ0v) is 19.3. The van der Waals surface area contributed by atoms with E-state index in [1.54, 1.807) is 12.1 Å². The maximum absolute atomic E-state index is 12.7. The lowest BCUT2D eigenvalue weighted by molar-refractivity contribution is -0.384. The van der Waals surface area contributed by atoms with E-state index in [1.807, 2.05) is 42.5 Å². The average molecular weight is 481 g/mol. The van der Waals surface area contributed by atoms with Crippen molar-refractivity contribution in [3.63, 3.8) is 0 Å². The van der Waals surface area contributed by atoms with Crippen LogP contribution in [0.1, 0.15) is 21.5 Å². The lowest BCUT2D eigenvalue weighted by Crippen LogP contribution is -2.35. The summed E-state index contributed by atoms with van der Waals surface area (Å²) in [4.78, 5) is 26.2. The molecule has 3 aromatic rings. The van der Waals surface area contributed by atoms with Crippen LogP contribution in [0.15, 0.2) is 66.7 Å². The number of nitrogens with one attached hydrogen (secondary N) is 2. The van der Waals surface area contributed by atoms with Gasteiger partial charge in [-0.15, -0.1) is 0 Å². The van der Waals surface area contributed by atoms with Crippen molar-refractivity contribution in [1.82, 2.24) is 4.90 Å². The Labute approximate surface area is 202 Å². The fourth-order valence-corrected chi connectivity index (χ4v) is 3.92. The van der Waals surface area contributed by atoms with Crippen molar-refractivity contribution in [2.24, 2.45) is 0 Å². The molecule has 3 aromatic carbocycles. The van der Waals surface area contributed by atoms with E-state index in [2.05, 4.69) is 15.5 Å². The fourth-order valence-electron chi connectivity index (χ4n) is 3.72. The van der Waals surface area contributed by atoms with E-state index in [0.29, 0.717) is 22.9 Å². The number of nitrogens with zero attached hydrogens (tertiary/aromatic N) is 2. The van der Waals surface area contributed by atoms with E-state index < -0.39 is 10.8 Å². The second-order valence-electron chi connectivity index (χ2n) is 7.97. The van der Waals surface area contributed by atoms with Crippen LogP contribution in [0.3, 0.4) is 0 Å². The zero-order chi connectivity index (χ0) is 23.9. The molecule has 0 bridgehead atoms. The summed E-state index contributed by atoms with van der Waals surface area (Å²) in [5.41, 5.74) is 2.92. The van der Waals surface area contributed by atoms with Crippen molar-refractivity contribution in [3.8, 4) is 0 Å². The molecule has 0 spiro atoms. The first-order chi connectivity index (χ1) is 16.5. The van der Waals surface area contributed by atoms with Gasteiger partial charge in [-0.1, -0.05) is 41.9 Å². The topological polar surface area (TPSA) is 96.7 Å². The number of hydrogen-bond donors (Lipinski definition) is 2. The van der Waals surface area contributed by atoms with Crippen LogP contribution in [0.2, 0.25) is 5.02 Å². The molecule has 0 aliphatic carbocycles. The Hall–Kier alpha value is -3.46. The minimum Gasteiger partial charge on any atom is -0.379 e. The highest BCUT2D eigenvalue weighted by atomic mass is 35.5. The van der Waals surface area contributed by atoms with Crippen molar-refractivity contribution < 1.29 is 14.5 Å². The Morgan fingerprint density at radius 2 is 1.79 bits per heavy atom. The van der Waals surface area contributed by atoms with Crippen molar-refractivity contribution in [1.29, 1.82) is 0 Å². The van der Waals surface area contributed by atoms with Crippen molar-refractivity contribution in [3.05, 3.63) is 98.6 Å². The molecule has 8 nitrogen and oxygen atoms in total. The molecule has 2 N–H and O–H groups in total. The van der Waals surface area contributed by atoms with Gasteiger partial charge in [-0.25, -0.2) is 0 Å². The summed E-state index contributed by atoms with van der Waals surface area (Å²) in [6, 6.07) is 19.2. The van der Waals surface area contributed by atoms with Gasteiger partial charge in [0.1, 0.15) is 5.69 Å². The van der Waals surface area contributed by atoms with Crippen LogP contribution in [-0.2, 0) is 17.8 Å². The summed E-state index contributed by atoms with van der Waals surface area (Å²) in [5.74, 6) is -0.415. The first-order valence-corrected chi connectivity index (χ1v) is 11.3. The summed E-state index contributed by atoms with van der Waals surface area (Å²) in [6.07, 6.45) is 0. The summed E-state index contributed by atoms with van der Waals surface area (Å²) in [7, 11) is 0. The lowest BCUT2D eigenvalue weighted by Gasteiger charge is -2.26. The van der Waals surface area contributed by atoms with E-state index in [4.69, 9.17) is 16.3 Å². The number of benzene rings is 3. The van der Waals surface area contributed by atoms with E-state index in [9.17, 15) is 14.9 Å². The molecule has 9 heteroatoms. The van der Waals surface area contributed by atoms with Gasteiger partial charge < -0.3 is 15.4 Å². The van der Waals surface area contributed by atoms with Gasteiger partial charge in [-0.05, 0) is 41.5 Å². The molecule has 1 aliphatic rings. The third kappa shape index (κ3) is 6.11. The molecule has 1 amide bonds. The Morgan fingerprint density at radius 1 is 1.06 bits per heavy atom. The van der Waals surface area contributed by atoms with E-state index >= 15 is 0 Å². The smallest absolute Gasteiger partial charge is 0.293 e. The molecule has 34 heavy (non-hydrogen) atoms. The molecule has 0 aromatic heterocycles. The number of anilines is 2. The number of carbonyl (C=O) groups is 1. The maximum Gasteiger partial charge on any atom is 0.293 e. The van der Waals surface area contributed by atoms with Crippen LogP contribution < -0.4 is 10.6 Å². The Bertz CT molecular complexity index is 1160. The molecule has 0 radical (unpaired) electrons. The molecule has 0 saturated carbocycles. The summed E-state index contributed by atoms with van der Waals surface area (Å²) >= 11 is 6.16. The minimum atomic E-state index is -0.508. The van der Waals surface area contributed by atoms with Gasteiger partial charge in [0, 0.05) is 48.5 Å². The highest BCUT2D eigenvalue weighted by molar-refractivity contribution is 6.31. The standard InChI is InChI=1S/C25H25ClN4O4/c26-22-4-2-1-3-20(22)16-27-23-10-7-19(15-24(23)30(32)33)25(31)28-21-8-5-18(6-9-21)17-29-11-13-34-14-12-29/h1-10,15,27H,11-14,16-17H2,(H,28,31). The Morgan fingerprint density at radius 3 is 2.50 bits per heavy atom. The highest BCUT2D eigenvalue weighted by Crippen LogP contribution is 2.27. The van der Waals surface area contributed by atoms with Crippen molar-refractivity contribution >= 4 is 34.6 Å². The van der Waals surface area contributed by atoms with Gasteiger partial charge >= 0.3 is 0 Å².